The quantitative estimate of drug-likeness (QED) is 0.514. The Morgan fingerprint density at radius 1 is 1.09 bits per heavy atom. The van der Waals surface area contributed by atoms with Crippen molar-refractivity contribution in [2.45, 2.75) is 39.0 Å². The van der Waals surface area contributed by atoms with Crippen LogP contribution in [-0.4, -0.2) is 47.4 Å². The van der Waals surface area contributed by atoms with Crippen molar-refractivity contribution in [2.75, 3.05) is 37.4 Å². The van der Waals surface area contributed by atoms with E-state index in [9.17, 15) is 13.2 Å². The van der Waals surface area contributed by atoms with Crippen molar-refractivity contribution in [1.82, 2.24) is 5.32 Å². The summed E-state index contributed by atoms with van der Waals surface area (Å²) in [6.45, 7) is 7.32. The smallest absolute Gasteiger partial charge is 0.232 e. The molecule has 1 amide bonds. The largest absolute Gasteiger partial charge is 0.497 e. The van der Waals surface area contributed by atoms with Crippen LogP contribution in [0.3, 0.4) is 0 Å². The fourth-order valence-electron chi connectivity index (χ4n) is 3.29. The maximum atomic E-state index is 12.2. The van der Waals surface area contributed by atoms with Crippen LogP contribution in [0.1, 0.15) is 39.2 Å². The van der Waals surface area contributed by atoms with Crippen LogP contribution < -0.4 is 19.1 Å². The van der Waals surface area contributed by atoms with E-state index in [4.69, 9.17) is 9.47 Å². The monoisotopic (exact) mass is 462 g/mol. The molecule has 1 N–H and O–H groups in total. The van der Waals surface area contributed by atoms with Gasteiger partial charge in [-0.1, -0.05) is 45.0 Å². The average Bonchev–Trinajstić information content (AvgIpc) is 2.73. The number of carbonyl (C=O) groups excluding carboxylic acids is 1. The lowest BCUT2D eigenvalue weighted by molar-refractivity contribution is -0.121. The molecule has 0 radical (unpaired) electrons. The first kappa shape index (κ1) is 25.5. The van der Waals surface area contributed by atoms with E-state index < -0.39 is 10.0 Å². The van der Waals surface area contributed by atoms with Gasteiger partial charge in [-0.3, -0.25) is 9.10 Å². The van der Waals surface area contributed by atoms with E-state index in [1.54, 1.807) is 24.3 Å². The molecule has 0 bridgehead atoms. The second-order valence-corrected chi connectivity index (χ2v) is 10.5. The zero-order chi connectivity index (χ0) is 23.8. The number of hydrogen-bond acceptors (Lipinski definition) is 5. The Balaban J connectivity index is 1.81. The van der Waals surface area contributed by atoms with Gasteiger partial charge in [0.2, 0.25) is 15.9 Å². The van der Waals surface area contributed by atoms with Gasteiger partial charge in [-0.25, -0.2) is 8.42 Å². The van der Waals surface area contributed by atoms with Crippen LogP contribution in [0.5, 0.6) is 11.5 Å². The molecule has 0 aliphatic heterocycles. The molecule has 0 saturated heterocycles. The van der Waals surface area contributed by atoms with Gasteiger partial charge in [0, 0.05) is 19.0 Å². The summed E-state index contributed by atoms with van der Waals surface area (Å²) in [6.07, 6.45) is 1.76. The van der Waals surface area contributed by atoms with Crippen LogP contribution in [0, 0.1) is 0 Å². The van der Waals surface area contributed by atoms with Gasteiger partial charge in [-0.2, -0.15) is 0 Å². The van der Waals surface area contributed by atoms with E-state index in [0.29, 0.717) is 31.0 Å². The van der Waals surface area contributed by atoms with E-state index in [0.717, 1.165) is 17.6 Å². The molecule has 2 aromatic rings. The predicted octanol–water partition coefficient (Wildman–Crippen LogP) is 3.73. The highest BCUT2D eigenvalue weighted by atomic mass is 32.2. The second kappa shape index (κ2) is 11.2. The highest BCUT2D eigenvalue weighted by Crippen LogP contribution is 2.30. The van der Waals surface area contributed by atoms with Gasteiger partial charge >= 0.3 is 0 Å². The molecule has 0 unspecified atom stereocenters. The molecule has 32 heavy (non-hydrogen) atoms. The summed E-state index contributed by atoms with van der Waals surface area (Å²) in [7, 11) is -1.96. The van der Waals surface area contributed by atoms with Gasteiger partial charge in [0.1, 0.15) is 18.1 Å². The van der Waals surface area contributed by atoms with Gasteiger partial charge in [0.25, 0.3) is 0 Å². The Hall–Kier alpha value is -2.74. The maximum absolute atomic E-state index is 12.2. The van der Waals surface area contributed by atoms with Crippen molar-refractivity contribution >= 4 is 21.6 Å². The average molecular weight is 463 g/mol. The maximum Gasteiger partial charge on any atom is 0.232 e. The Morgan fingerprint density at radius 2 is 1.81 bits per heavy atom. The third kappa shape index (κ3) is 7.75. The Labute approximate surface area is 191 Å². The number of sulfonamides is 1. The minimum Gasteiger partial charge on any atom is -0.497 e. The molecule has 0 aliphatic carbocycles. The molecule has 0 aromatic heterocycles. The summed E-state index contributed by atoms with van der Waals surface area (Å²) in [5.41, 5.74) is 1.59. The number of nitrogens with one attached hydrogen (secondary N) is 1. The van der Waals surface area contributed by atoms with Crippen LogP contribution in [0.4, 0.5) is 5.69 Å². The van der Waals surface area contributed by atoms with E-state index in [2.05, 4.69) is 26.1 Å². The summed E-state index contributed by atoms with van der Waals surface area (Å²) >= 11 is 0. The van der Waals surface area contributed by atoms with E-state index in [1.807, 2.05) is 24.3 Å². The van der Waals surface area contributed by atoms with Gasteiger partial charge in [-0.15, -0.1) is 0 Å². The molecule has 0 saturated carbocycles. The second-order valence-electron chi connectivity index (χ2n) is 8.58. The normalized spacial score (nSPS) is 11.7. The van der Waals surface area contributed by atoms with Crippen molar-refractivity contribution in [2.24, 2.45) is 0 Å². The summed E-state index contributed by atoms with van der Waals surface area (Å²) in [5.74, 6) is 1.25. The molecule has 0 heterocycles. The van der Waals surface area contributed by atoms with Crippen LogP contribution >= 0.6 is 0 Å². The number of anilines is 1. The zero-order valence-electron chi connectivity index (χ0n) is 19.6. The highest BCUT2D eigenvalue weighted by molar-refractivity contribution is 7.92. The van der Waals surface area contributed by atoms with Crippen LogP contribution in [0.2, 0.25) is 0 Å². The molecular formula is C24H34N2O5S. The molecule has 2 aromatic carbocycles. The first-order valence-electron chi connectivity index (χ1n) is 10.6. The van der Waals surface area contributed by atoms with E-state index in [-0.39, 0.29) is 24.3 Å². The minimum atomic E-state index is -3.48. The topological polar surface area (TPSA) is 84.9 Å². The van der Waals surface area contributed by atoms with Crippen LogP contribution in [0.25, 0.3) is 0 Å². The molecule has 176 valence electrons. The van der Waals surface area contributed by atoms with Crippen LogP contribution in [0.15, 0.2) is 48.5 Å². The third-order valence-corrected chi connectivity index (χ3v) is 6.08. The fraction of sp³-hybridized carbons (Fsp3) is 0.458. The summed E-state index contributed by atoms with van der Waals surface area (Å²) in [6, 6.07) is 14.7. The highest BCUT2D eigenvalue weighted by Gasteiger charge is 2.19. The molecular weight excluding hydrogens is 428 g/mol. The third-order valence-electron chi connectivity index (χ3n) is 4.88. The first-order valence-corrected chi connectivity index (χ1v) is 12.5. The predicted molar refractivity (Wildman–Crippen MR) is 128 cm³/mol. The van der Waals surface area contributed by atoms with Crippen molar-refractivity contribution in [3.05, 3.63) is 54.1 Å². The Bertz CT molecular complexity index is 999. The van der Waals surface area contributed by atoms with Crippen LogP contribution in [-0.2, 0) is 20.2 Å². The van der Waals surface area contributed by atoms with Crippen molar-refractivity contribution in [3.63, 3.8) is 0 Å². The van der Waals surface area contributed by atoms with Gasteiger partial charge in [-0.05, 0) is 35.6 Å². The number of para-hydroxylation sites is 1. The number of rotatable bonds is 11. The number of methoxy groups -OCH3 is 1. The van der Waals surface area contributed by atoms with Gasteiger partial charge in [0.15, 0.2) is 0 Å². The molecule has 8 heteroatoms. The number of benzene rings is 2. The molecule has 0 aliphatic rings. The Kier molecular flexibility index (Phi) is 8.95. The lowest BCUT2D eigenvalue weighted by Gasteiger charge is -2.23. The standard InChI is InChI=1S/C24H34N2O5S/c1-24(2,3)21-12-6-7-13-22(21)31-17-15-25-23(27)14-9-16-26(32(5,28)29)19-10-8-11-20(18-19)30-4/h6-8,10-13,18H,9,14-17H2,1-5H3,(H,25,27). The van der Waals surface area contributed by atoms with Gasteiger partial charge < -0.3 is 14.8 Å². The molecule has 0 atom stereocenters. The summed E-state index contributed by atoms with van der Waals surface area (Å²) in [5, 5.41) is 2.83. The summed E-state index contributed by atoms with van der Waals surface area (Å²) in [4.78, 5) is 12.2. The number of amides is 1. The van der Waals surface area contributed by atoms with E-state index >= 15 is 0 Å². The number of ether oxygens (including phenoxy) is 2. The first-order chi connectivity index (χ1) is 15.0. The zero-order valence-corrected chi connectivity index (χ0v) is 20.4. The fourth-order valence-corrected chi connectivity index (χ4v) is 4.24. The number of carbonyl (C=O) groups is 1. The number of nitrogens with zero attached hydrogens (tertiary/aromatic N) is 1. The molecule has 2 rings (SSSR count). The SMILES string of the molecule is COc1cccc(N(CCCC(=O)NCCOc2ccccc2C(C)(C)C)S(C)(=O)=O)c1. The van der Waals surface area contributed by atoms with Crippen molar-refractivity contribution in [1.29, 1.82) is 0 Å². The molecule has 0 spiro atoms. The van der Waals surface area contributed by atoms with E-state index in [1.165, 1.54) is 11.4 Å². The lowest BCUT2D eigenvalue weighted by atomic mass is 9.86. The number of hydrogen-bond donors (Lipinski definition) is 1. The lowest BCUT2D eigenvalue weighted by Crippen LogP contribution is -2.33. The molecule has 7 nitrogen and oxygen atoms in total. The Morgan fingerprint density at radius 3 is 2.47 bits per heavy atom. The van der Waals surface area contributed by atoms with Crippen molar-refractivity contribution in [3.8, 4) is 11.5 Å². The molecule has 0 fully saturated rings. The summed E-state index contributed by atoms with van der Waals surface area (Å²) < 4.78 is 36.8. The minimum absolute atomic E-state index is 0.0336. The van der Waals surface area contributed by atoms with Crippen molar-refractivity contribution < 1.29 is 22.7 Å². The van der Waals surface area contributed by atoms with Gasteiger partial charge in [0.05, 0.1) is 25.6 Å².